The van der Waals surface area contributed by atoms with Gasteiger partial charge < -0.3 is 15.2 Å². The second kappa shape index (κ2) is 5.92. The summed E-state index contributed by atoms with van der Waals surface area (Å²) in [5.74, 6) is -2.94. The lowest BCUT2D eigenvalue weighted by molar-refractivity contribution is 0.0698. The molecule has 4 rings (SSSR count). The molecule has 0 spiro atoms. The van der Waals surface area contributed by atoms with Gasteiger partial charge in [0.15, 0.2) is 0 Å². The molecule has 3 aromatic rings. The number of H-pyrrole nitrogens is 1. The number of hydrogen-bond acceptors (Lipinski definition) is 2. The van der Waals surface area contributed by atoms with Gasteiger partial charge in [-0.1, -0.05) is 30.7 Å². The van der Waals surface area contributed by atoms with Crippen molar-refractivity contribution >= 4 is 16.9 Å². The van der Waals surface area contributed by atoms with Crippen molar-refractivity contribution in [2.75, 3.05) is 6.61 Å². The van der Waals surface area contributed by atoms with Crippen LogP contribution in [0.1, 0.15) is 35.2 Å². The van der Waals surface area contributed by atoms with Crippen LogP contribution in [-0.2, 0) is 5.41 Å². The number of aliphatic hydroxyl groups excluding tert-OH is 1. The molecule has 1 heterocycles. The number of benzene rings is 2. The minimum atomic E-state index is -1.28. The van der Waals surface area contributed by atoms with E-state index in [0.717, 1.165) is 37.1 Å². The Morgan fingerprint density at radius 2 is 1.88 bits per heavy atom. The molecule has 3 N–H and O–H groups in total. The van der Waals surface area contributed by atoms with E-state index in [1.165, 1.54) is 0 Å². The number of carboxylic acids is 1. The van der Waals surface area contributed by atoms with E-state index in [1.54, 1.807) is 24.3 Å². The number of rotatable bonds is 4. The lowest BCUT2D eigenvalue weighted by Crippen LogP contribution is -2.37. The number of hydrogen-bond donors (Lipinski definition) is 3. The zero-order valence-corrected chi connectivity index (χ0v) is 13.9. The monoisotopic (exact) mass is 357 g/mol. The molecule has 1 aliphatic rings. The fraction of sp³-hybridized carbons (Fsp3) is 0.250. The first-order chi connectivity index (χ1) is 12.5. The lowest BCUT2D eigenvalue weighted by Gasteiger charge is -2.41. The first kappa shape index (κ1) is 16.7. The third-order valence-corrected chi connectivity index (χ3v) is 5.49. The predicted octanol–water partition coefficient (Wildman–Crippen LogP) is 4.23. The summed E-state index contributed by atoms with van der Waals surface area (Å²) in [6.07, 6.45) is 3.99. The Morgan fingerprint density at radius 3 is 2.42 bits per heavy atom. The highest BCUT2D eigenvalue weighted by molar-refractivity contribution is 6.04. The van der Waals surface area contributed by atoms with Gasteiger partial charge in [-0.2, -0.15) is 0 Å². The van der Waals surface area contributed by atoms with Crippen molar-refractivity contribution < 1.29 is 23.8 Å². The molecule has 134 valence electrons. The maximum atomic E-state index is 15.0. The molecule has 4 nitrogen and oxygen atoms in total. The quantitative estimate of drug-likeness (QED) is 0.654. The number of nitrogens with one attached hydrogen (secondary N) is 1. The van der Waals surface area contributed by atoms with Crippen LogP contribution in [-0.4, -0.2) is 27.8 Å². The van der Waals surface area contributed by atoms with E-state index in [1.807, 2.05) is 0 Å². The average Bonchev–Trinajstić information content (AvgIpc) is 3.00. The Hall–Kier alpha value is -2.73. The Morgan fingerprint density at radius 1 is 1.19 bits per heavy atom. The summed E-state index contributed by atoms with van der Waals surface area (Å²) in [5, 5.41) is 18.7. The molecule has 0 unspecified atom stereocenters. The number of aromatic amines is 1. The van der Waals surface area contributed by atoms with Crippen LogP contribution in [0, 0.1) is 11.6 Å². The maximum Gasteiger partial charge on any atom is 0.337 e. The van der Waals surface area contributed by atoms with E-state index in [4.69, 9.17) is 0 Å². The number of carboxylic acid groups (broad SMARTS) is 1. The summed E-state index contributed by atoms with van der Waals surface area (Å²) in [6.45, 7) is 0.0480. The predicted molar refractivity (Wildman–Crippen MR) is 93.2 cm³/mol. The van der Waals surface area contributed by atoms with E-state index >= 15 is 0 Å². The second-order valence-electron chi connectivity index (χ2n) is 6.85. The Labute approximate surface area is 148 Å². The third-order valence-electron chi connectivity index (χ3n) is 5.49. The van der Waals surface area contributed by atoms with Gasteiger partial charge in [0.2, 0.25) is 0 Å². The average molecular weight is 357 g/mol. The first-order valence-electron chi connectivity index (χ1n) is 8.41. The van der Waals surface area contributed by atoms with Gasteiger partial charge in [-0.15, -0.1) is 0 Å². The van der Waals surface area contributed by atoms with Gasteiger partial charge in [0.1, 0.15) is 11.6 Å². The van der Waals surface area contributed by atoms with Crippen LogP contribution >= 0.6 is 0 Å². The molecule has 6 heteroatoms. The molecular weight excluding hydrogens is 340 g/mol. The third kappa shape index (κ3) is 2.33. The van der Waals surface area contributed by atoms with Crippen LogP contribution in [0.4, 0.5) is 8.78 Å². The number of aromatic nitrogens is 1. The van der Waals surface area contributed by atoms with Crippen molar-refractivity contribution in [3.8, 4) is 11.1 Å². The first-order valence-corrected chi connectivity index (χ1v) is 8.41. The van der Waals surface area contributed by atoms with Crippen molar-refractivity contribution in [2.45, 2.75) is 24.7 Å². The standard InChI is InChI=1S/C20H17F2NO3/c21-14-8-15-17(13(9-23-15)19(25)26)18(22)16(14)11-2-4-12(5-3-11)20(10-24)6-1-7-20/h2-5,8-9,23-24H,1,6-7,10H2,(H,25,26). The normalized spacial score (nSPS) is 15.8. The topological polar surface area (TPSA) is 73.3 Å². The van der Waals surface area contributed by atoms with Gasteiger partial charge in [-0.3, -0.25) is 0 Å². The molecule has 1 fully saturated rings. The SMILES string of the molecule is O=C(O)c1c[nH]c2cc(F)c(-c3ccc(C4(CO)CCC4)cc3)c(F)c12. The molecule has 0 atom stereocenters. The molecule has 0 aliphatic heterocycles. The van der Waals surface area contributed by atoms with Gasteiger partial charge in [0.05, 0.1) is 28.6 Å². The molecule has 0 radical (unpaired) electrons. The van der Waals surface area contributed by atoms with Crippen LogP contribution in [0.5, 0.6) is 0 Å². The zero-order chi connectivity index (χ0) is 18.5. The second-order valence-corrected chi connectivity index (χ2v) is 6.85. The van der Waals surface area contributed by atoms with Crippen molar-refractivity contribution in [2.24, 2.45) is 0 Å². The van der Waals surface area contributed by atoms with E-state index in [-0.39, 0.29) is 34.1 Å². The molecule has 1 saturated carbocycles. The molecule has 26 heavy (non-hydrogen) atoms. The largest absolute Gasteiger partial charge is 0.478 e. The fourth-order valence-electron chi connectivity index (χ4n) is 3.78. The molecule has 0 bridgehead atoms. The molecular formula is C20H17F2NO3. The van der Waals surface area contributed by atoms with Gasteiger partial charge >= 0.3 is 5.97 Å². The Bertz CT molecular complexity index is 999. The highest BCUT2D eigenvalue weighted by atomic mass is 19.1. The van der Waals surface area contributed by atoms with E-state index in [9.17, 15) is 23.8 Å². The minimum Gasteiger partial charge on any atom is -0.478 e. The van der Waals surface area contributed by atoms with Gasteiger partial charge in [0, 0.05) is 11.6 Å². The number of halogens is 2. The van der Waals surface area contributed by atoms with Crippen LogP contribution in [0.15, 0.2) is 36.5 Å². The van der Waals surface area contributed by atoms with Gasteiger partial charge in [-0.25, -0.2) is 13.6 Å². The van der Waals surface area contributed by atoms with Crippen molar-refractivity contribution in [3.05, 3.63) is 59.3 Å². The van der Waals surface area contributed by atoms with E-state index < -0.39 is 17.6 Å². The van der Waals surface area contributed by atoms with Crippen molar-refractivity contribution in [3.63, 3.8) is 0 Å². The van der Waals surface area contributed by atoms with E-state index in [2.05, 4.69) is 4.98 Å². The van der Waals surface area contributed by atoms with Crippen molar-refractivity contribution in [1.29, 1.82) is 0 Å². The highest BCUT2D eigenvalue weighted by Gasteiger charge is 2.37. The maximum absolute atomic E-state index is 15.0. The Balaban J connectivity index is 1.84. The molecule has 0 saturated heterocycles. The van der Waals surface area contributed by atoms with Gasteiger partial charge in [-0.05, 0) is 30.0 Å². The molecule has 1 aliphatic carbocycles. The lowest BCUT2D eigenvalue weighted by atomic mass is 9.65. The summed E-state index contributed by atoms with van der Waals surface area (Å²) in [5.41, 5.74) is 0.644. The minimum absolute atomic E-state index is 0.0480. The molecule has 2 aromatic carbocycles. The summed E-state index contributed by atoms with van der Waals surface area (Å²) in [7, 11) is 0. The smallest absolute Gasteiger partial charge is 0.337 e. The van der Waals surface area contributed by atoms with Crippen molar-refractivity contribution in [1.82, 2.24) is 4.98 Å². The summed E-state index contributed by atoms with van der Waals surface area (Å²) >= 11 is 0. The number of aromatic carboxylic acids is 1. The zero-order valence-electron chi connectivity index (χ0n) is 13.9. The van der Waals surface area contributed by atoms with Crippen LogP contribution in [0.25, 0.3) is 22.0 Å². The van der Waals surface area contributed by atoms with Crippen LogP contribution in [0.3, 0.4) is 0 Å². The Kier molecular flexibility index (Phi) is 3.80. The summed E-state index contributed by atoms with van der Waals surface area (Å²) in [4.78, 5) is 13.9. The molecule has 1 aromatic heterocycles. The summed E-state index contributed by atoms with van der Waals surface area (Å²) in [6, 6.07) is 7.90. The fourth-order valence-corrected chi connectivity index (χ4v) is 3.78. The van der Waals surface area contributed by atoms with Crippen LogP contribution in [0.2, 0.25) is 0 Å². The summed E-state index contributed by atoms with van der Waals surface area (Å²) < 4.78 is 29.5. The number of aliphatic hydroxyl groups is 1. The number of carbonyl (C=O) groups is 1. The molecule has 0 amide bonds. The highest BCUT2D eigenvalue weighted by Crippen LogP contribution is 2.44. The van der Waals surface area contributed by atoms with Crippen LogP contribution < -0.4 is 0 Å². The van der Waals surface area contributed by atoms with E-state index in [0.29, 0.717) is 5.56 Å². The van der Waals surface area contributed by atoms with Gasteiger partial charge in [0.25, 0.3) is 0 Å². The number of fused-ring (bicyclic) bond motifs is 1.